The molecule has 5 nitrogen and oxygen atoms in total. The van der Waals surface area contributed by atoms with Crippen molar-refractivity contribution in [3.8, 4) is 11.5 Å². The molecule has 0 aliphatic carbocycles. The van der Waals surface area contributed by atoms with Crippen LogP contribution in [0.15, 0.2) is 66.7 Å². The van der Waals surface area contributed by atoms with Gasteiger partial charge in [0, 0.05) is 18.7 Å². The highest BCUT2D eigenvalue weighted by Gasteiger charge is 2.20. The van der Waals surface area contributed by atoms with E-state index in [0.29, 0.717) is 5.69 Å². The van der Waals surface area contributed by atoms with Gasteiger partial charge in [0.2, 0.25) is 0 Å². The van der Waals surface area contributed by atoms with Crippen LogP contribution in [0.25, 0.3) is 0 Å². The van der Waals surface area contributed by atoms with Crippen molar-refractivity contribution in [3.05, 3.63) is 89.0 Å². The highest BCUT2D eigenvalue weighted by molar-refractivity contribution is 5.94. The number of methoxy groups -OCH3 is 2. The lowest BCUT2D eigenvalue weighted by Crippen LogP contribution is -2.08. The van der Waals surface area contributed by atoms with Gasteiger partial charge >= 0.3 is 5.97 Å². The third-order valence-electron chi connectivity index (χ3n) is 4.77. The predicted octanol–water partition coefficient (Wildman–Crippen LogP) is 4.62. The van der Waals surface area contributed by atoms with Gasteiger partial charge in [0.25, 0.3) is 0 Å². The molecule has 0 radical (unpaired) electrons. The van der Waals surface area contributed by atoms with E-state index >= 15 is 0 Å². The number of nitrogens with one attached hydrogen (secondary N) is 1. The van der Waals surface area contributed by atoms with Crippen LogP contribution in [0, 0.1) is 0 Å². The average Bonchev–Trinajstić information content (AvgIpc) is 2.74. The lowest BCUT2D eigenvalue weighted by Gasteiger charge is -2.21. The summed E-state index contributed by atoms with van der Waals surface area (Å²) >= 11 is 0. The van der Waals surface area contributed by atoms with E-state index in [9.17, 15) is 9.90 Å². The van der Waals surface area contributed by atoms with Crippen LogP contribution in [-0.2, 0) is 0 Å². The Balaban J connectivity index is 2.14. The Bertz CT molecular complexity index is 902. The molecule has 0 aliphatic heterocycles. The molecule has 144 valence electrons. The maximum absolute atomic E-state index is 11.7. The minimum absolute atomic E-state index is 0.124. The van der Waals surface area contributed by atoms with E-state index in [1.54, 1.807) is 33.4 Å². The molecule has 0 fully saturated rings. The number of carbonyl (C=O) groups is 1. The molecule has 28 heavy (non-hydrogen) atoms. The number of hydrogen-bond donors (Lipinski definition) is 2. The molecule has 0 bridgehead atoms. The second-order valence-corrected chi connectivity index (χ2v) is 6.34. The van der Waals surface area contributed by atoms with Gasteiger partial charge in [-0.15, -0.1) is 0 Å². The van der Waals surface area contributed by atoms with Crippen molar-refractivity contribution < 1.29 is 19.4 Å². The lowest BCUT2D eigenvalue weighted by molar-refractivity contribution is 0.0698. The fourth-order valence-electron chi connectivity index (χ4n) is 3.31. The molecule has 0 saturated heterocycles. The van der Waals surface area contributed by atoms with Crippen LogP contribution in [0.3, 0.4) is 0 Å². The molecule has 3 rings (SSSR count). The van der Waals surface area contributed by atoms with Gasteiger partial charge in [0.05, 0.1) is 19.8 Å². The van der Waals surface area contributed by atoms with Crippen molar-refractivity contribution in [1.29, 1.82) is 0 Å². The Morgan fingerprint density at radius 3 is 1.68 bits per heavy atom. The SMILES string of the molecule is CNc1ccc(C(c2ccc(OC)cc2)c2ccc(OC)cc2)cc1C(=O)O. The smallest absolute Gasteiger partial charge is 0.337 e. The van der Waals surface area contributed by atoms with E-state index in [1.807, 2.05) is 54.6 Å². The molecule has 2 N–H and O–H groups in total. The largest absolute Gasteiger partial charge is 0.497 e. The number of aromatic carboxylic acids is 1. The topological polar surface area (TPSA) is 67.8 Å². The molecule has 0 unspecified atom stereocenters. The fraction of sp³-hybridized carbons (Fsp3) is 0.174. The zero-order valence-corrected chi connectivity index (χ0v) is 16.1. The Kier molecular flexibility index (Phi) is 5.84. The molecule has 0 atom stereocenters. The highest BCUT2D eigenvalue weighted by atomic mass is 16.5. The van der Waals surface area contributed by atoms with E-state index in [-0.39, 0.29) is 11.5 Å². The van der Waals surface area contributed by atoms with Crippen molar-refractivity contribution in [3.63, 3.8) is 0 Å². The van der Waals surface area contributed by atoms with Crippen LogP contribution in [0.2, 0.25) is 0 Å². The number of carboxylic acids is 1. The summed E-state index contributed by atoms with van der Waals surface area (Å²) < 4.78 is 10.5. The molecular formula is C23H23NO4. The molecule has 0 saturated carbocycles. The minimum Gasteiger partial charge on any atom is -0.497 e. The number of carboxylic acid groups (broad SMARTS) is 1. The van der Waals surface area contributed by atoms with Gasteiger partial charge in [-0.1, -0.05) is 30.3 Å². The van der Waals surface area contributed by atoms with Crippen molar-refractivity contribution in [2.45, 2.75) is 5.92 Å². The summed E-state index contributed by atoms with van der Waals surface area (Å²) in [4.78, 5) is 11.7. The van der Waals surface area contributed by atoms with E-state index in [0.717, 1.165) is 28.2 Å². The summed E-state index contributed by atoms with van der Waals surface area (Å²) in [5.74, 6) is 0.457. The first-order chi connectivity index (χ1) is 13.6. The molecule has 3 aromatic carbocycles. The molecule has 0 amide bonds. The Morgan fingerprint density at radius 2 is 1.29 bits per heavy atom. The summed E-state index contributed by atoms with van der Waals surface area (Å²) in [7, 11) is 4.98. The first-order valence-electron chi connectivity index (χ1n) is 8.90. The molecule has 3 aromatic rings. The molecule has 0 aromatic heterocycles. The standard InChI is InChI=1S/C23H23NO4/c1-24-21-13-8-17(14-20(21)23(25)26)22(15-4-9-18(27-2)10-5-15)16-6-11-19(28-3)12-7-16/h4-14,22,24H,1-3H3,(H,25,26). The number of ether oxygens (including phenoxy) is 2. The third kappa shape index (κ3) is 3.93. The molecule has 0 aliphatic rings. The van der Waals surface area contributed by atoms with Crippen LogP contribution in [0.5, 0.6) is 11.5 Å². The third-order valence-corrected chi connectivity index (χ3v) is 4.77. The predicted molar refractivity (Wildman–Crippen MR) is 110 cm³/mol. The summed E-state index contributed by atoms with van der Waals surface area (Å²) in [6, 6.07) is 21.1. The van der Waals surface area contributed by atoms with E-state index in [4.69, 9.17) is 9.47 Å². The molecular weight excluding hydrogens is 354 g/mol. The van der Waals surface area contributed by atoms with Crippen molar-refractivity contribution in [2.24, 2.45) is 0 Å². The Hall–Kier alpha value is -3.47. The molecule has 0 spiro atoms. The van der Waals surface area contributed by atoms with Crippen molar-refractivity contribution in [2.75, 3.05) is 26.6 Å². The first-order valence-corrected chi connectivity index (χ1v) is 8.90. The second kappa shape index (κ2) is 8.48. The second-order valence-electron chi connectivity index (χ2n) is 6.34. The van der Waals surface area contributed by atoms with E-state index in [1.165, 1.54) is 0 Å². The summed E-state index contributed by atoms with van der Waals surface area (Å²) in [5, 5.41) is 12.5. The van der Waals surface area contributed by atoms with Crippen LogP contribution in [0.4, 0.5) is 5.69 Å². The summed E-state index contributed by atoms with van der Waals surface area (Å²) in [6.07, 6.45) is 0. The first kappa shape index (κ1) is 19.3. The van der Waals surface area contributed by atoms with Gasteiger partial charge in [0.15, 0.2) is 0 Å². The summed E-state index contributed by atoms with van der Waals surface area (Å²) in [5.41, 5.74) is 3.80. The molecule has 0 heterocycles. The van der Waals surface area contributed by atoms with Gasteiger partial charge in [-0.2, -0.15) is 0 Å². The van der Waals surface area contributed by atoms with Crippen molar-refractivity contribution in [1.82, 2.24) is 0 Å². The van der Waals surface area contributed by atoms with Crippen molar-refractivity contribution >= 4 is 11.7 Å². The number of hydrogen-bond acceptors (Lipinski definition) is 4. The van der Waals surface area contributed by atoms with E-state index < -0.39 is 5.97 Å². The number of benzene rings is 3. The maximum atomic E-state index is 11.7. The average molecular weight is 377 g/mol. The highest BCUT2D eigenvalue weighted by Crippen LogP contribution is 2.35. The van der Waals surface area contributed by atoms with Crippen LogP contribution in [-0.4, -0.2) is 32.3 Å². The zero-order valence-electron chi connectivity index (χ0n) is 16.1. The van der Waals surface area contributed by atoms with E-state index in [2.05, 4.69) is 5.32 Å². The van der Waals surface area contributed by atoms with Gasteiger partial charge in [-0.05, 0) is 53.1 Å². The molecule has 5 heteroatoms. The summed E-state index contributed by atoms with van der Waals surface area (Å²) in [6.45, 7) is 0. The van der Waals surface area contributed by atoms with Crippen LogP contribution < -0.4 is 14.8 Å². The van der Waals surface area contributed by atoms with Gasteiger partial charge < -0.3 is 19.9 Å². The Labute approximate surface area is 164 Å². The monoisotopic (exact) mass is 377 g/mol. The van der Waals surface area contributed by atoms with Crippen LogP contribution in [0.1, 0.15) is 33.0 Å². The van der Waals surface area contributed by atoms with Gasteiger partial charge in [-0.25, -0.2) is 4.79 Å². The van der Waals surface area contributed by atoms with Crippen LogP contribution >= 0.6 is 0 Å². The maximum Gasteiger partial charge on any atom is 0.337 e. The quantitative estimate of drug-likeness (QED) is 0.588. The van der Waals surface area contributed by atoms with Gasteiger partial charge in [-0.3, -0.25) is 0 Å². The number of anilines is 1. The lowest BCUT2D eigenvalue weighted by atomic mass is 9.84. The Morgan fingerprint density at radius 1 is 0.821 bits per heavy atom. The fourth-order valence-corrected chi connectivity index (χ4v) is 3.31. The van der Waals surface area contributed by atoms with Gasteiger partial charge in [0.1, 0.15) is 11.5 Å². The normalized spacial score (nSPS) is 10.6. The minimum atomic E-state index is -0.964. The number of rotatable bonds is 7. The zero-order chi connectivity index (χ0) is 20.1.